The SMILES string of the molecule is CCOc1ccccc1N1CC(C(=O)OC)CC1=O. The fourth-order valence-corrected chi connectivity index (χ4v) is 2.22. The average Bonchev–Trinajstić information content (AvgIpc) is 2.81. The summed E-state index contributed by atoms with van der Waals surface area (Å²) in [5, 5.41) is 0. The summed E-state index contributed by atoms with van der Waals surface area (Å²) >= 11 is 0. The fourth-order valence-electron chi connectivity index (χ4n) is 2.22. The molecule has 0 bridgehead atoms. The Balaban J connectivity index is 2.23. The van der Waals surface area contributed by atoms with Crippen LogP contribution in [0.2, 0.25) is 0 Å². The van der Waals surface area contributed by atoms with Gasteiger partial charge in [-0.1, -0.05) is 12.1 Å². The summed E-state index contributed by atoms with van der Waals surface area (Å²) < 4.78 is 10.2. The van der Waals surface area contributed by atoms with Crippen molar-refractivity contribution in [3.8, 4) is 5.75 Å². The van der Waals surface area contributed by atoms with Crippen LogP contribution in [0.1, 0.15) is 13.3 Å². The van der Waals surface area contributed by atoms with E-state index in [2.05, 4.69) is 0 Å². The summed E-state index contributed by atoms with van der Waals surface area (Å²) in [7, 11) is 1.34. The molecule has 102 valence electrons. The second-order valence-electron chi connectivity index (χ2n) is 4.33. The van der Waals surface area contributed by atoms with Crippen LogP contribution in [0.4, 0.5) is 5.69 Å². The summed E-state index contributed by atoms with van der Waals surface area (Å²) in [5.41, 5.74) is 0.709. The summed E-state index contributed by atoms with van der Waals surface area (Å²) in [6.07, 6.45) is 0.188. The second kappa shape index (κ2) is 5.73. The van der Waals surface area contributed by atoms with Crippen LogP contribution in [-0.4, -0.2) is 32.1 Å². The lowest BCUT2D eigenvalue weighted by Gasteiger charge is -2.19. The molecule has 1 aromatic carbocycles. The third-order valence-corrected chi connectivity index (χ3v) is 3.12. The number of hydrogen-bond acceptors (Lipinski definition) is 4. The van der Waals surface area contributed by atoms with Crippen molar-refractivity contribution in [2.24, 2.45) is 5.92 Å². The van der Waals surface area contributed by atoms with Crippen molar-refractivity contribution in [1.82, 2.24) is 0 Å². The van der Waals surface area contributed by atoms with Gasteiger partial charge in [-0.25, -0.2) is 0 Å². The van der Waals surface area contributed by atoms with E-state index in [4.69, 9.17) is 9.47 Å². The summed E-state index contributed by atoms with van der Waals surface area (Å²) in [4.78, 5) is 25.1. The molecule has 5 heteroatoms. The molecule has 0 aromatic heterocycles. The smallest absolute Gasteiger partial charge is 0.311 e. The monoisotopic (exact) mass is 263 g/mol. The van der Waals surface area contributed by atoms with E-state index in [1.165, 1.54) is 7.11 Å². The molecular weight excluding hydrogens is 246 g/mol. The van der Waals surface area contributed by atoms with Crippen LogP contribution in [0.3, 0.4) is 0 Å². The summed E-state index contributed by atoms with van der Waals surface area (Å²) in [6, 6.07) is 7.34. The third-order valence-electron chi connectivity index (χ3n) is 3.12. The summed E-state index contributed by atoms with van der Waals surface area (Å²) in [5.74, 6) is -0.164. The molecule has 0 N–H and O–H groups in total. The molecular formula is C14H17NO4. The number of nitrogens with zero attached hydrogens (tertiary/aromatic N) is 1. The van der Waals surface area contributed by atoms with Crippen molar-refractivity contribution in [3.63, 3.8) is 0 Å². The van der Waals surface area contributed by atoms with E-state index >= 15 is 0 Å². The van der Waals surface area contributed by atoms with Gasteiger partial charge in [0.25, 0.3) is 0 Å². The predicted molar refractivity (Wildman–Crippen MR) is 70.1 cm³/mol. The number of para-hydroxylation sites is 2. The molecule has 1 heterocycles. The average molecular weight is 263 g/mol. The zero-order valence-electron chi connectivity index (χ0n) is 11.1. The van der Waals surface area contributed by atoms with Gasteiger partial charge in [0.2, 0.25) is 5.91 Å². The van der Waals surface area contributed by atoms with Crippen LogP contribution in [0.15, 0.2) is 24.3 Å². The molecule has 0 saturated carbocycles. The first-order valence-electron chi connectivity index (χ1n) is 6.27. The van der Waals surface area contributed by atoms with E-state index in [1.54, 1.807) is 4.90 Å². The van der Waals surface area contributed by atoms with E-state index < -0.39 is 5.92 Å². The Bertz CT molecular complexity index is 486. The Morgan fingerprint density at radius 3 is 2.84 bits per heavy atom. The molecule has 1 aromatic rings. The van der Waals surface area contributed by atoms with Crippen molar-refractivity contribution < 1.29 is 19.1 Å². The Hall–Kier alpha value is -2.04. The van der Waals surface area contributed by atoms with Gasteiger partial charge in [0.15, 0.2) is 0 Å². The number of carbonyl (C=O) groups excluding carboxylic acids is 2. The highest BCUT2D eigenvalue weighted by atomic mass is 16.5. The van der Waals surface area contributed by atoms with Crippen molar-refractivity contribution in [1.29, 1.82) is 0 Å². The number of rotatable bonds is 4. The topological polar surface area (TPSA) is 55.8 Å². The number of esters is 1. The lowest BCUT2D eigenvalue weighted by molar-refractivity contribution is -0.145. The number of methoxy groups -OCH3 is 1. The highest BCUT2D eigenvalue weighted by molar-refractivity contribution is 6.00. The normalized spacial score (nSPS) is 18.5. The fraction of sp³-hybridized carbons (Fsp3) is 0.429. The number of hydrogen-bond donors (Lipinski definition) is 0. The van der Waals surface area contributed by atoms with Gasteiger partial charge in [-0.2, -0.15) is 0 Å². The largest absolute Gasteiger partial charge is 0.492 e. The van der Waals surface area contributed by atoms with Crippen molar-refractivity contribution >= 4 is 17.6 Å². The Kier molecular flexibility index (Phi) is 4.04. The minimum atomic E-state index is -0.396. The molecule has 1 atom stereocenters. The van der Waals surface area contributed by atoms with E-state index in [0.29, 0.717) is 24.6 Å². The van der Waals surface area contributed by atoms with Crippen LogP contribution < -0.4 is 9.64 Å². The molecule has 0 spiro atoms. The molecule has 1 aliphatic rings. The summed E-state index contributed by atoms with van der Waals surface area (Å²) in [6.45, 7) is 2.76. The van der Waals surface area contributed by atoms with Gasteiger partial charge in [-0.3, -0.25) is 9.59 Å². The van der Waals surface area contributed by atoms with E-state index in [0.717, 1.165) is 0 Å². The van der Waals surface area contributed by atoms with Gasteiger partial charge in [0, 0.05) is 13.0 Å². The van der Waals surface area contributed by atoms with Crippen LogP contribution in [-0.2, 0) is 14.3 Å². The van der Waals surface area contributed by atoms with E-state index in [1.807, 2.05) is 31.2 Å². The Labute approximate surface area is 112 Å². The molecule has 1 fully saturated rings. The number of carbonyl (C=O) groups is 2. The Morgan fingerprint density at radius 1 is 1.42 bits per heavy atom. The van der Waals surface area contributed by atoms with Crippen molar-refractivity contribution in [3.05, 3.63) is 24.3 Å². The quantitative estimate of drug-likeness (QED) is 0.774. The molecule has 1 amide bonds. The van der Waals surface area contributed by atoms with Gasteiger partial charge in [-0.05, 0) is 19.1 Å². The molecule has 1 unspecified atom stereocenters. The highest BCUT2D eigenvalue weighted by Crippen LogP contribution is 2.33. The minimum Gasteiger partial charge on any atom is -0.492 e. The second-order valence-corrected chi connectivity index (χ2v) is 4.33. The predicted octanol–water partition coefficient (Wildman–Crippen LogP) is 1.61. The number of anilines is 1. The van der Waals surface area contributed by atoms with Gasteiger partial charge in [-0.15, -0.1) is 0 Å². The first-order valence-corrected chi connectivity index (χ1v) is 6.27. The maximum absolute atomic E-state index is 12.0. The standard InChI is InChI=1S/C14H17NO4/c1-3-19-12-7-5-4-6-11(12)15-9-10(8-13(15)16)14(17)18-2/h4-7,10H,3,8-9H2,1-2H3. The first kappa shape index (κ1) is 13.4. The van der Waals surface area contributed by atoms with Gasteiger partial charge in [0.05, 0.1) is 25.3 Å². The maximum Gasteiger partial charge on any atom is 0.311 e. The number of ether oxygens (including phenoxy) is 2. The van der Waals surface area contributed by atoms with E-state index in [9.17, 15) is 9.59 Å². The first-order chi connectivity index (χ1) is 9.17. The van der Waals surface area contributed by atoms with Gasteiger partial charge in [0.1, 0.15) is 5.75 Å². The van der Waals surface area contributed by atoms with Crippen LogP contribution in [0.25, 0.3) is 0 Å². The lowest BCUT2D eigenvalue weighted by atomic mass is 10.1. The number of benzene rings is 1. The minimum absolute atomic E-state index is 0.0810. The van der Waals surface area contributed by atoms with Gasteiger partial charge < -0.3 is 14.4 Å². The van der Waals surface area contributed by atoms with Crippen molar-refractivity contribution in [2.75, 3.05) is 25.2 Å². The molecule has 19 heavy (non-hydrogen) atoms. The lowest BCUT2D eigenvalue weighted by Crippen LogP contribution is -2.26. The van der Waals surface area contributed by atoms with Crippen molar-refractivity contribution in [2.45, 2.75) is 13.3 Å². The number of amides is 1. The molecule has 1 aliphatic heterocycles. The van der Waals surface area contributed by atoms with E-state index in [-0.39, 0.29) is 18.3 Å². The molecule has 2 rings (SSSR count). The van der Waals surface area contributed by atoms with Crippen LogP contribution >= 0.6 is 0 Å². The maximum atomic E-state index is 12.0. The van der Waals surface area contributed by atoms with Gasteiger partial charge >= 0.3 is 5.97 Å². The molecule has 0 radical (unpaired) electrons. The van der Waals surface area contributed by atoms with Crippen LogP contribution in [0, 0.1) is 5.92 Å². The Morgan fingerprint density at radius 2 is 2.16 bits per heavy atom. The van der Waals surface area contributed by atoms with Crippen LogP contribution in [0.5, 0.6) is 5.75 Å². The molecule has 1 saturated heterocycles. The zero-order chi connectivity index (χ0) is 13.8. The highest BCUT2D eigenvalue weighted by Gasteiger charge is 2.36. The molecule has 0 aliphatic carbocycles. The molecule has 5 nitrogen and oxygen atoms in total. The zero-order valence-corrected chi connectivity index (χ0v) is 11.1. The third kappa shape index (κ3) is 2.70.